The van der Waals surface area contributed by atoms with Gasteiger partial charge in [-0.1, -0.05) is 6.92 Å². The van der Waals surface area contributed by atoms with Crippen molar-refractivity contribution in [1.82, 2.24) is 0 Å². The molecule has 0 aromatic carbocycles. The Labute approximate surface area is 60.3 Å². The Kier molecular flexibility index (Phi) is 1.16. The van der Waals surface area contributed by atoms with Gasteiger partial charge in [0.1, 0.15) is 0 Å². The SMILES string of the molecule is CCC(=O)N=CC1C2CC12. The standard InChI is InChI=1S/C8H11NO/c1-2-8(10)9-4-7-5-3-6(5)7/h4-7H,2-3H2,1H3. The molecule has 0 heterocycles. The summed E-state index contributed by atoms with van der Waals surface area (Å²) in [6.45, 7) is 1.84. The van der Waals surface area contributed by atoms with Gasteiger partial charge in [0.2, 0.25) is 5.91 Å². The van der Waals surface area contributed by atoms with E-state index < -0.39 is 0 Å². The predicted octanol–water partition coefficient (Wildman–Crippen LogP) is 1.26. The molecule has 2 heteroatoms. The minimum atomic E-state index is 0.0197. The van der Waals surface area contributed by atoms with Gasteiger partial charge in [-0.3, -0.25) is 4.79 Å². The smallest absolute Gasteiger partial charge is 0.245 e. The molecular formula is C8H11NO. The van der Waals surface area contributed by atoms with Gasteiger partial charge in [0, 0.05) is 18.6 Å². The molecule has 2 rings (SSSR count). The highest BCUT2D eigenvalue weighted by Gasteiger charge is 2.63. The molecule has 0 saturated heterocycles. The molecule has 0 bridgehead atoms. The predicted molar refractivity (Wildman–Crippen MR) is 38.9 cm³/mol. The fourth-order valence-electron chi connectivity index (χ4n) is 1.31. The number of fused-ring (bicyclic) bond motifs is 1. The van der Waals surface area contributed by atoms with Crippen molar-refractivity contribution >= 4 is 12.1 Å². The number of carbonyl (C=O) groups is 1. The van der Waals surface area contributed by atoms with Crippen LogP contribution < -0.4 is 0 Å². The quantitative estimate of drug-likeness (QED) is 0.527. The topological polar surface area (TPSA) is 29.4 Å². The molecule has 1 amide bonds. The lowest BCUT2D eigenvalue weighted by Crippen LogP contribution is -1.94. The van der Waals surface area contributed by atoms with Crippen LogP contribution in [0.25, 0.3) is 0 Å². The second-order valence-electron chi connectivity index (χ2n) is 3.17. The van der Waals surface area contributed by atoms with Gasteiger partial charge in [0.25, 0.3) is 0 Å². The number of carbonyl (C=O) groups excluding carboxylic acids is 1. The molecule has 2 saturated carbocycles. The molecule has 0 spiro atoms. The van der Waals surface area contributed by atoms with E-state index in [1.807, 2.05) is 13.1 Å². The minimum Gasteiger partial charge on any atom is -0.273 e. The summed E-state index contributed by atoms with van der Waals surface area (Å²) in [5.74, 6) is 2.56. The van der Waals surface area contributed by atoms with Crippen LogP contribution in [0.15, 0.2) is 4.99 Å². The van der Waals surface area contributed by atoms with Crippen LogP contribution in [0, 0.1) is 17.8 Å². The van der Waals surface area contributed by atoms with Crippen molar-refractivity contribution in [2.45, 2.75) is 19.8 Å². The van der Waals surface area contributed by atoms with Crippen LogP contribution in [0.4, 0.5) is 0 Å². The molecule has 0 aromatic rings. The van der Waals surface area contributed by atoms with Crippen molar-refractivity contribution < 1.29 is 4.79 Å². The molecule has 2 aliphatic rings. The lowest BCUT2D eigenvalue weighted by atomic mass is 10.2. The van der Waals surface area contributed by atoms with Crippen LogP contribution in [-0.4, -0.2) is 12.1 Å². The van der Waals surface area contributed by atoms with Crippen LogP contribution in [0.3, 0.4) is 0 Å². The average Bonchev–Trinajstić information content (AvgIpc) is 2.73. The van der Waals surface area contributed by atoms with Gasteiger partial charge in [-0.2, -0.15) is 0 Å². The first-order valence-corrected chi connectivity index (χ1v) is 3.90. The monoisotopic (exact) mass is 137 g/mol. The second kappa shape index (κ2) is 1.91. The summed E-state index contributed by atoms with van der Waals surface area (Å²) in [5, 5.41) is 0. The van der Waals surface area contributed by atoms with Gasteiger partial charge < -0.3 is 0 Å². The molecule has 0 N–H and O–H groups in total. The number of rotatable bonds is 2. The van der Waals surface area contributed by atoms with Gasteiger partial charge in [-0.25, -0.2) is 4.99 Å². The van der Waals surface area contributed by atoms with E-state index in [1.54, 1.807) is 0 Å². The lowest BCUT2D eigenvalue weighted by molar-refractivity contribution is -0.117. The molecule has 2 fully saturated rings. The lowest BCUT2D eigenvalue weighted by Gasteiger charge is -1.90. The third-order valence-electron chi connectivity index (χ3n) is 2.43. The number of hydrogen-bond donors (Lipinski definition) is 0. The van der Waals surface area contributed by atoms with Crippen LogP contribution >= 0.6 is 0 Å². The Morgan fingerprint density at radius 2 is 2.40 bits per heavy atom. The van der Waals surface area contributed by atoms with Crippen LogP contribution in [0.1, 0.15) is 19.8 Å². The van der Waals surface area contributed by atoms with Crippen molar-refractivity contribution in [2.24, 2.45) is 22.7 Å². The molecule has 2 unspecified atom stereocenters. The van der Waals surface area contributed by atoms with Crippen molar-refractivity contribution in [3.63, 3.8) is 0 Å². The first kappa shape index (κ1) is 6.08. The Morgan fingerprint density at radius 1 is 1.70 bits per heavy atom. The van der Waals surface area contributed by atoms with E-state index >= 15 is 0 Å². The summed E-state index contributed by atoms with van der Waals surface area (Å²) in [7, 11) is 0. The highest BCUT2D eigenvalue weighted by atomic mass is 16.1. The van der Waals surface area contributed by atoms with E-state index in [9.17, 15) is 4.79 Å². The number of hydrogen-bond acceptors (Lipinski definition) is 1. The summed E-state index contributed by atoms with van der Waals surface area (Å²) in [5.41, 5.74) is 0. The maximum Gasteiger partial charge on any atom is 0.245 e. The van der Waals surface area contributed by atoms with Crippen LogP contribution in [-0.2, 0) is 4.79 Å². The summed E-state index contributed by atoms with van der Waals surface area (Å²) in [4.78, 5) is 14.5. The molecular weight excluding hydrogens is 126 g/mol. The average molecular weight is 137 g/mol. The maximum absolute atomic E-state index is 10.7. The highest BCUT2D eigenvalue weighted by Crippen LogP contribution is 2.67. The zero-order valence-corrected chi connectivity index (χ0v) is 6.08. The van der Waals surface area contributed by atoms with E-state index in [-0.39, 0.29) is 5.91 Å². The summed E-state index contributed by atoms with van der Waals surface area (Å²) < 4.78 is 0. The van der Waals surface area contributed by atoms with Gasteiger partial charge in [-0.05, 0) is 18.3 Å². The van der Waals surface area contributed by atoms with Gasteiger partial charge >= 0.3 is 0 Å². The van der Waals surface area contributed by atoms with E-state index in [4.69, 9.17) is 0 Å². The van der Waals surface area contributed by atoms with Crippen molar-refractivity contribution in [3.8, 4) is 0 Å². The molecule has 2 aliphatic carbocycles. The van der Waals surface area contributed by atoms with Crippen LogP contribution in [0.2, 0.25) is 0 Å². The molecule has 0 aromatic heterocycles. The highest BCUT2D eigenvalue weighted by molar-refractivity contribution is 5.86. The molecule has 2 nitrogen and oxygen atoms in total. The maximum atomic E-state index is 10.7. The number of aliphatic imine (C=N–C) groups is 1. The van der Waals surface area contributed by atoms with E-state index in [0.717, 1.165) is 11.8 Å². The number of amides is 1. The van der Waals surface area contributed by atoms with Crippen molar-refractivity contribution in [2.75, 3.05) is 0 Å². The zero-order valence-electron chi connectivity index (χ0n) is 6.08. The van der Waals surface area contributed by atoms with Crippen molar-refractivity contribution in [1.29, 1.82) is 0 Å². The van der Waals surface area contributed by atoms with Crippen LogP contribution in [0.5, 0.6) is 0 Å². The van der Waals surface area contributed by atoms with Gasteiger partial charge in [0.05, 0.1) is 0 Å². The third-order valence-corrected chi connectivity index (χ3v) is 2.43. The summed E-state index contributed by atoms with van der Waals surface area (Å²) in [6, 6.07) is 0. The van der Waals surface area contributed by atoms with E-state index in [2.05, 4.69) is 4.99 Å². The molecule has 10 heavy (non-hydrogen) atoms. The fraction of sp³-hybridized carbons (Fsp3) is 0.750. The molecule has 0 radical (unpaired) electrons. The molecule has 54 valence electrons. The first-order chi connectivity index (χ1) is 4.83. The van der Waals surface area contributed by atoms with E-state index in [1.165, 1.54) is 6.42 Å². The number of nitrogens with zero attached hydrogens (tertiary/aromatic N) is 1. The Balaban J connectivity index is 1.78. The normalized spacial score (nSPS) is 41.5. The summed E-state index contributed by atoms with van der Waals surface area (Å²) in [6.07, 6.45) is 3.78. The summed E-state index contributed by atoms with van der Waals surface area (Å²) >= 11 is 0. The Morgan fingerprint density at radius 3 is 2.80 bits per heavy atom. The largest absolute Gasteiger partial charge is 0.273 e. The third kappa shape index (κ3) is 0.877. The van der Waals surface area contributed by atoms with Gasteiger partial charge in [0.15, 0.2) is 0 Å². The Hall–Kier alpha value is -0.660. The zero-order chi connectivity index (χ0) is 7.14. The van der Waals surface area contributed by atoms with Crippen molar-refractivity contribution in [3.05, 3.63) is 0 Å². The molecule has 0 aliphatic heterocycles. The second-order valence-corrected chi connectivity index (χ2v) is 3.17. The van der Waals surface area contributed by atoms with Gasteiger partial charge in [-0.15, -0.1) is 0 Å². The Bertz CT molecular complexity index is 189. The van der Waals surface area contributed by atoms with E-state index in [0.29, 0.717) is 12.3 Å². The minimum absolute atomic E-state index is 0.0197. The fourth-order valence-corrected chi connectivity index (χ4v) is 1.31. The first-order valence-electron chi connectivity index (χ1n) is 3.90. The molecule has 2 atom stereocenters.